The third-order valence-corrected chi connectivity index (χ3v) is 2.80. The zero-order chi connectivity index (χ0) is 12.5. The molecule has 2 aliphatic rings. The van der Waals surface area contributed by atoms with Crippen LogP contribution in [0.1, 0.15) is 5.56 Å². The van der Waals surface area contributed by atoms with Crippen LogP contribution < -0.4 is 20.1 Å². The molecular formula is C12H10N2O3S. The summed E-state index contributed by atoms with van der Waals surface area (Å²) in [6.07, 6.45) is 1.72. The minimum atomic E-state index is -0.227. The predicted octanol–water partition coefficient (Wildman–Crippen LogP) is 0.803. The van der Waals surface area contributed by atoms with Gasteiger partial charge in [-0.25, -0.2) is 0 Å². The summed E-state index contributed by atoms with van der Waals surface area (Å²) in [5.41, 5.74) is 1.28. The molecule has 6 heteroatoms. The summed E-state index contributed by atoms with van der Waals surface area (Å²) >= 11 is 4.86. The second-order valence-electron chi connectivity index (χ2n) is 3.87. The molecule has 0 aliphatic carbocycles. The third-order valence-electron chi connectivity index (χ3n) is 2.60. The van der Waals surface area contributed by atoms with Crippen molar-refractivity contribution in [3.63, 3.8) is 0 Å². The maximum Gasteiger partial charge on any atom is 0.273 e. The molecule has 2 heterocycles. The average Bonchev–Trinajstić information content (AvgIpc) is 2.68. The van der Waals surface area contributed by atoms with Gasteiger partial charge in [0.15, 0.2) is 16.6 Å². The molecule has 1 fully saturated rings. The molecule has 0 spiro atoms. The fraction of sp³-hybridized carbons (Fsp3) is 0.167. The van der Waals surface area contributed by atoms with E-state index in [9.17, 15) is 4.79 Å². The van der Waals surface area contributed by atoms with Crippen LogP contribution in [0.4, 0.5) is 0 Å². The maximum atomic E-state index is 11.5. The fourth-order valence-corrected chi connectivity index (χ4v) is 2.00. The molecule has 3 rings (SSSR count). The number of ether oxygens (including phenoxy) is 2. The Morgan fingerprint density at radius 3 is 2.67 bits per heavy atom. The van der Waals surface area contributed by atoms with Gasteiger partial charge in [0.2, 0.25) is 0 Å². The van der Waals surface area contributed by atoms with Crippen LogP contribution in [-0.4, -0.2) is 24.2 Å². The molecule has 1 saturated heterocycles. The van der Waals surface area contributed by atoms with Crippen molar-refractivity contribution >= 4 is 29.3 Å². The molecule has 5 nitrogen and oxygen atoms in total. The lowest BCUT2D eigenvalue weighted by Gasteiger charge is -2.18. The number of hydrogen-bond acceptors (Lipinski definition) is 4. The Morgan fingerprint density at radius 2 is 1.94 bits per heavy atom. The SMILES string of the molecule is O=C1NC(=S)N/C1=C\c1ccc2c(c1)OCCO2. The molecule has 1 amide bonds. The molecule has 0 saturated carbocycles. The van der Waals surface area contributed by atoms with Crippen molar-refractivity contribution in [3.05, 3.63) is 29.5 Å². The van der Waals surface area contributed by atoms with E-state index < -0.39 is 0 Å². The number of amides is 1. The number of nitrogens with one attached hydrogen (secondary N) is 2. The minimum Gasteiger partial charge on any atom is -0.486 e. The van der Waals surface area contributed by atoms with Crippen LogP contribution in [0.2, 0.25) is 0 Å². The lowest BCUT2D eigenvalue weighted by atomic mass is 10.1. The third kappa shape index (κ3) is 2.02. The second-order valence-corrected chi connectivity index (χ2v) is 4.28. The van der Waals surface area contributed by atoms with Crippen LogP contribution in [0.15, 0.2) is 23.9 Å². The number of hydrogen-bond donors (Lipinski definition) is 2. The Bertz CT molecular complexity index is 568. The van der Waals surface area contributed by atoms with Crippen LogP contribution in [0.5, 0.6) is 11.5 Å². The Labute approximate surface area is 109 Å². The zero-order valence-corrected chi connectivity index (χ0v) is 10.2. The van der Waals surface area contributed by atoms with E-state index in [1.54, 1.807) is 6.08 Å². The molecule has 92 valence electrons. The molecule has 2 aliphatic heterocycles. The second kappa shape index (κ2) is 4.30. The van der Waals surface area contributed by atoms with Gasteiger partial charge in [-0.3, -0.25) is 10.1 Å². The van der Waals surface area contributed by atoms with Crippen molar-refractivity contribution < 1.29 is 14.3 Å². The highest BCUT2D eigenvalue weighted by Crippen LogP contribution is 2.31. The van der Waals surface area contributed by atoms with Crippen LogP contribution in [0.3, 0.4) is 0 Å². The molecule has 1 aromatic carbocycles. The molecule has 0 radical (unpaired) electrons. The van der Waals surface area contributed by atoms with E-state index in [1.807, 2.05) is 18.2 Å². The molecule has 0 aromatic heterocycles. The van der Waals surface area contributed by atoms with Crippen LogP contribution in [0.25, 0.3) is 6.08 Å². The van der Waals surface area contributed by atoms with E-state index >= 15 is 0 Å². The van der Waals surface area contributed by atoms with Gasteiger partial charge in [0.25, 0.3) is 5.91 Å². The predicted molar refractivity (Wildman–Crippen MR) is 69.3 cm³/mol. The summed E-state index contributed by atoms with van der Waals surface area (Å²) in [5.74, 6) is 1.19. The van der Waals surface area contributed by atoms with Crippen LogP contribution >= 0.6 is 12.2 Å². The highest BCUT2D eigenvalue weighted by molar-refractivity contribution is 7.80. The van der Waals surface area contributed by atoms with Crippen molar-refractivity contribution in [2.75, 3.05) is 13.2 Å². The van der Waals surface area contributed by atoms with Gasteiger partial charge in [-0.15, -0.1) is 0 Å². The topological polar surface area (TPSA) is 59.6 Å². The van der Waals surface area contributed by atoms with Gasteiger partial charge in [-0.1, -0.05) is 6.07 Å². The Hall–Kier alpha value is -2.08. The number of carbonyl (C=O) groups is 1. The van der Waals surface area contributed by atoms with Gasteiger partial charge in [0.1, 0.15) is 18.9 Å². The summed E-state index contributed by atoms with van der Waals surface area (Å²) in [4.78, 5) is 11.5. The smallest absolute Gasteiger partial charge is 0.273 e. The molecule has 1 aromatic rings. The number of benzene rings is 1. The van der Waals surface area contributed by atoms with Crippen molar-refractivity contribution in [1.29, 1.82) is 0 Å². The maximum absolute atomic E-state index is 11.5. The van der Waals surface area contributed by atoms with E-state index in [4.69, 9.17) is 21.7 Å². The number of carbonyl (C=O) groups excluding carboxylic acids is 1. The van der Waals surface area contributed by atoms with E-state index in [-0.39, 0.29) is 5.91 Å². The standard InChI is InChI=1S/C12H10N2O3S/c15-11-8(13-12(18)14-11)5-7-1-2-9-10(6-7)17-4-3-16-9/h1-2,5-6H,3-4H2,(H2,13,14,15,18)/b8-5-. The van der Waals surface area contributed by atoms with Gasteiger partial charge in [-0.2, -0.15) is 0 Å². The highest BCUT2D eigenvalue weighted by Gasteiger charge is 2.20. The number of thiocarbonyl (C=S) groups is 1. The molecule has 0 bridgehead atoms. The quantitative estimate of drug-likeness (QED) is 0.579. The summed E-state index contributed by atoms with van der Waals surface area (Å²) in [6, 6.07) is 5.51. The fourth-order valence-electron chi connectivity index (χ4n) is 1.80. The lowest BCUT2D eigenvalue weighted by Crippen LogP contribution is -2.21. The summed E-state index contributed by atoms with van der Waals surface area (Å²) < 4.78 is 10.9. The average molecular weight is 262 g/mol. The van der Waals surface area contributed by atoms with Crippen LogP contribution in [-0.2, 0) is 4.79 Å². The van der Waals surface area contributed by atoms with Crippen LogP contribution in [0, 0.1) is 0 Å². The molecule has 18 heavy (non-hydrogen) atoms. The van der Waals surface area contributed by atoms with Crippen molar-refractivity contribution in [1.82, 2.24) is 10.6 Å². The highest BCUT2D eigenvalue weighted by atomic mass is 32.1. The molecule has 0 unspecified atom stereocenters. The largest absolute Gasteiger partial charge is 0.486 e. The zero-order valence-electron chi connectivity index (χ0n) is 9.36. The van der Waals surface area contributed by atoms with Gasteiger partial charge >= 0.3 is 0 Å². The monoisotopic (exact) mass is 262 g/mol. The Kier molecular flexibility index (Phi) is 2.64. The van der Waals surface area contributed by atoms with Crippen molar-refractivity contribution in [3.8, 4) is 11.5 Å². The molecule has 2 N–H and O–H groups in total. The molecule has 0 atom stereocenters. The van der Waals surface area contributed by atoms with Crippen molar-refractivity contribution in [2.45, 2.75) is 0 Å². The minimum absolute atomic E-state index is 0.227. The van der Waals surface area contributed by atoms with Gasteiger partial charge in [0.05, 0.1) is 0 Å². The lowest BCUT2D eigenvalue weighted by molar-refractivity contribution is -0.115. The van der Waals surface area contributed by atoms with E-state index in [2.05, 4.69) is 10.6 Å². The Morgan fingerprint density at radius 1 is 1.17 bits per heavy atom. The van der Waals surface area contributed by atoms with E-state index in [0.29, 0.717) is 29.8 Å². The Balaban J connectivity index is 1.91. The van der Waals surface area contributed by atoms with E-state index in [0.717, 1.165) is 11.3 Å². The first-order valence-electron chi connectivity index (χ1n) is 5.46. The number of rotatable bonds is 1. The van der Waals surface area contributed by atoms with Gasteiger partial charge < -0.3 is 14.8 Å². The first-order valence-corrected chi connectivity index (χ1v) is 5.87. The first kappa shape index (κ1) is 11.0. The molecular weight excluding hydrogens is 252 g/mol. The van der Waals surface area contributed by atoms with Crippen molar-refractivity contribution in [2.24, 2.45) is 0 Å². The number of fused-ring (bicyclic) bond motifs is 1. The van der Waals surface area contributed by atoms with Gasteiger partial charge in [0, 0.05) is 0 Å². The first-order chi connectivity index (χ1) is 8.72. The summed E-state index contributed by atoms with van der Waals surface area (Å²) in [7, 11) is 0. The van der Waals surface area contributed by atoms with Gasteiger partial charge in [-0.05, 0) is 36.0 Å². The van der Waals surface area contributed by atoms with E-state index in [1.165, 1.54) is 0 Å². The summed E-state index contributed by atoms with van der Waals surface area (Å²) in [5, 5.41) is 5.62. The summed E-state index contributed by atoms with van der Waals surface area (Å²) in [6.45, 7) is 1.10. The normalized spacial score (nSPS) is 19.7.